The van der Waals surface area contributed by atoms with Gasteiger partial charge in [0.2, 0.25) is 5.91 Å². The van der Waals surface area contributed by atoms with Gasteiger partial charge in [-0.25, -0.2) is 8.78 Å². The zero-order valence-corrected chi connectivity index (χ0v) is 21.8. The molecule has 2 aromatic carbocycles. The molecule has 194 valence electrons. The number of amides is 1. The summed E-state index contributed by atoms with van der Waals surface area (Å²) in [6.45, 7) is 4.35. The maximum Gasteiger partial charge on any atom is 0.226 e. The largest absolute Gasteiger partial charge is 0.352 e. The minimum absolute atomic E-state index is 0.174. The van der Waals surface area contributed by atoms with Crippen LogP contribution >= 0.6 is 12.2 Å². The van der Waals surface area contributed by atoms with Crippen molar-refractivity contribution in [3.8, 4) is 5.69 Å². The number of carbonyl (C=O) groups is 1. The van der Waals surface area contributed by atoms with Gasteiger partial charge in [0.25, 0.3) is 0 Å². The summed E-state index contributed by atoms with van der Waals surface area (Å²) < 4.78 is 29.3. The van der Waals surface area contributed by atoms with Crippen LogP contribution in [-0.4, -0.2) is 32.0 Å². The summed E-state index contributed by atoms with van der Waals surface area (Å²) in [5.74, 6) is -0.874. The first-order valence-corrected chi connectivity index (χ1v) is 12.7. The third kappa shape index (κ3) is 5.15. The van der Waals surface area contributed by atoms with Gasteiger partial charge in [0.1, 0.15) is 11.6 Å². The van der Waals surface area contributed by atoms with Gasteiger partial charge in [-0.15, -0.1) is 0 Å². The lowest BCUT2D eigenvalue weighted by atomic mass is 9.96. The van der Waals surface area contributed by atoms with E-state index in [2.05, 4.69) is 21.7 Å². The Balaban J connectivity index is 1.46. The fourth-order valence-electron chi connectivity index (χ4n) is 5.06. The van der Waals surface area contributed by atoms with Crippen LogP contribution in [0.1, 0.15) is 41.1 Å². The van der Waals surface area contributed by atoms with Crippen molar-refractivity contribution >= 4 is 28.9 Å². The van der Waals surface area contributed by atoms with E-state index in [1.807, 2.05) is 47.6 Å². The summed E-state index contributed by atoms with van der Waals surface area (Å²) >= 11 is 5.74. The normalized spacial score (nSPS) is 16.9. The molecule has 1 fully saturated rings. The van der Waals surface area contributed by atoms with Crippen molar-refractivity contribution in [3.63, 3.8) is 0 Å². The molecule has 2 atom stereocenters. The number of anilines is 1. The van der Waals surface area contributed by atoms with Gasteiger partial charge in [-0.2, -0.15) is 0 Å². The molecule has 9 heteroatoms. The van der Waals surface area contributed by atoms with E-state index in [0.29, 0.717) is 17.3 Å². The molecule has 0 radical (unpaired) electrons. The predicted octanol–water partition coefficient (Wildman–Crippen LogP) is 5.77. The second-order valence-corrected chi connectivity index (χ2v) is 9.65. The quantitative estimate of drug-likeness (QED) is 0.297. The molecule has 5 rings (SSSR count). The first-order valence-electron chi connectivity index (χ1n) is 12.3. The fourth-order valence-corrected chi connectivity index (χ4v) is 5.39. The van der Waals surface area contributed by atoms with E-state index in [-0.39, 0.29) is 36.0 Å². The van der Waals surface area contributed by atoms with Gasteiger partial charge in [-0.1, -0.05) is 12.1 Å². The molecule has 2 N–H and O–H groups in total. The number of nitrogens with one attached hydrogen (secondary N) is 2. The maximum atomic E-state index is 14.1. The molecular weight excluding hydrogens is 504 g/mol. The molecule has 0 unspecified atom stereocenters. The molecule has 0 saturated carbocycles. The molecule has 1 saturated heterocycles. The number of carbonyl (C=O) groups excluding carboxylic acids is 1. The second kappa shape index (κ2) is 10.7. The minimum atomic E-state index is -0.365. The number of benzene rings is 2. The first kappa shape index (κ1) is 25.5. The Hall–Kier alpha value is -4.11. The molecule has 1 aliphatic heterocycles. The lowest BCUT2D eigenvalue weighted by Crippen LogP contribution is -2.32. The number of thiocarbonyl (C=S) groups is 1. The number of rotatable bonds is 7. The zero-order valence-electron chi connectivity index (χ0n) is 21.0. The number of aryl methyl sites for hydroxylation is 1. The lowest BCUT2D eigenvalue weighted by molar-refractivity contribution is -0.116. The molecule has 6 nitrogen and oxygen atoms in total. The topological polar surface area (TPSA) is 62.2 Å². The van der Waals surface area contributed by atoms with Crippen molar-refractivity contribution in [2.75, 3.05) is 11.9 Å². The Kier molecular flexibility index (Phi) is 7.20. The maximum absolute atomic E-state index is 14.1. The number of hydrogen-bond donors (Lipinski definition) is 2. The van der Waals surface area contributed by atoms with Crippen LogP contribution in [0, 0.1) is 25.5 Å². The number of halogens is 2. The van der Waals surface area contributed by atoms with Crippen molar-refractivity contribution in [3.05, 3.63) is 113 Å². The van der Waals surface area contributed by atoms with Gasteiger partial charge in [0, 0.05) is 41.9 Å². The summed E-state index contributed by atoms with van der Waals surface area (Å²) in [4.78, 5) is 19.3. The molecule has 0 spiro atoms. The van der Waals surface area contributed by atoms with Crippen LogP contribution in [0.4, 0.5) is 14.5 Å². The zero-order chi connectivity index (χ0) is 26.8. The van der Waals surface area contributed by atoms with Crippen LogP contribution in [0.3, 0.4) is 0 Å². The summed E-state index contributed by atoms with van der Waals surface area (Å²) in [5.41, 5.74) is 5.00. The van der Waals surface area contributed by atoms with E-state index in [9.17, 15) is 13.6 Å². The number of nitrogens with zero attached hydrogens (tertiary/aromatic N) is 3. The van der Waals surface area contributed by atoms with Crippen LogP contribution in [0.25, 0.3) is 5.69 Å². The van der Waals surface area contributed by atoms with Crippen LogP contribution in [0.2, 0.25) is 0 Å². The van der Waals surface area contributed by atoms with Crippen LogP contribution < -0.4 is 10.6 Å². The first-order chi connectivity index (χ1) is 18.3. The summed E-state index contributed by atoms with van der Waals surface area (Å²) in [7, 11) is 0. The number of aromatic nitrogens is 2. The van der Waals surface area contributed by atoms with E-state index in [4.69, 9.17) is 12.2 Å². The Morgan fingerprint density at radius 3 is 2.53 bits per heavy atom. The van der Waals surface area contributed by atoms with E-state index in [0.717, 1.165) is 28.3 Å². The highest BCUT2D eigenvalue weighted by Gasteiger charge is 2.41. The highest BCUT2D eigenvalue weighted by atomic mass is 32.1. The minimum Gasteiger partial charge on any atom is -0.352 e. The predicted molar refractivity (Wildman–Crippen MR) is 147 cm³/mol. The molecule has 4 aromatic rings. The van der Waals surface area contributed by atoms with Crippen molar-refractivity contribution in [2.24, 2.45) is 0 Å². The lowest BCUT2D eigenvalue weighted by Gasteiger charge is -2.28. The SMILES string of the molecule is Cc1cc([C@@H]2[C@@H](c3ccccn3)NC(=S)N2CCC(=O)Nc2ccc(F)cc2)c(C)n1-c1cccc(F)c1. The second-order valence-electron chi connectivity index (χ2n) is 9.27. The Labute approximate surface area is 225 Å². The summed E-state index contributed by atoms with van der Waals surface area (Å²) in [6.07, 6.45) is 1.92. The monoisotopic (exact) mass is 531 g/mol. The van der Waals surface area contributed by atoms with Gasteiger partial charge in [0.15, 0.2) is 5.11 Å². The summed E-state index contributed by atoms with van der Waals surface area (Å²) in [5, 5.41) is 6.74. The summed E-state index contributed by atoms with van der Waals surface area (Å²) in [6, 6.07) is 19.5. The average molecular weight is 532 g/mol. The average Bonchev–Trinajstić information content (AvgIpc) is 3.39. The van der Waals surface area contributed by atoms with Crippen LogP contribution in [0.5, 0.6) is 0 Å². The molecule has 38 heavy (non-hydrogen) atoms. The smallest absolute Gasteiger partial charge is 0.226 e. The van der Waals surface area contributed by atoms with Gasteiger partial charge < -0.3 is 20.1 Å². The molecular formula is C29H27F2N5OS. The third-order valence-corrected chi connectivity index (χ3v) is 7.11. The molecule has 1 amide bonds. The van der Waals surface area contributed by atoms with E-state index in [1.54, 1.807) is 12.3 Å². The Morgan fingerprint density at radius 2 is 1.82 bits per heavy atom. The van der Waals surface area contributed by atoms with E-state index in [1.165, 1.54) is 36.4 Å². The molecule has 1 aliphatic rings. The number of pyridine rings is 1. The van der Waals surface area contributed by atoms with Crippen LogP contribution in [0.15, 0.2) is 79.0 Å². The fraction of sp³-hybridized carbons (Fsp3) is 0.207. The molecule has 0 aliphatic carbocycles. The van der Waals surface area contributed by atoms with Crippen molar-refractivity contribution in [2.45, 2.75) is 32.4 Å². The third-order valence-electron chi connectivity index (χ3n) is 6.76. The standard InChI is InChI=1S/C29H27F2N5OS/c1-18-16-24(19(2)36(18)23-7-5-6-21(31)17-23)28-27(25-8-3-4-14-32-25)34-29(38)35(28)15-13-26(37)33-22-11-9-20(30)10-12-22/h3-12,14,16-17,27-28H,13,15H2,1-2H3,(H,33,37)(H,34,38)/t27-,28-/m1/s1. The van der Waals surface area contributed by atoms with E-state index >= 15 is 0 Å². The van der Waals surface area contributed by atoms with Crippen molar-refractivity contribution in [1.82, 2.24) is 19.8 Å². The van der Waals surface area contributed by atoms with Gasteiger partial charge in [-0.3, -0.25) is 9.78 Å². The molecule has 0 bridgehead atoms. The van der Waals surface area contributed by atoms with E-state index < -0.39 is 0 Å². The van der Waals surface area contributed by atoms with Crippen LogP contribution in [-0.2, 0) is 4.79 Å². The van der Waals surface area contributed by atoms with Crippen molar-refractivity contribution in [1.29, 1.82) is 0 Å². The van der Waals surface area contributed by atoms with Gasteiger partial charge in [-0.05, 0) is 92.3 Å². The van der Waals surface area contributed by atoms with Gasteiger partial charge >= 0.3 is 0 Å². The molecule has 2 aromatic heterocycles. The highest BCUT2D eigenvalue weighted by Crippen LogP contribution is 2.41. The Morgan fingerprint density at radius 1 is 1.03 bits per heavy atom. The molecule has 3 heterocycles. The Bertz CT molecular complexity index is 1470. The van der Waals surface area contributed by atoms with Gasteiger partial charge in [0.05, 0.1) is 17.8 Å². The highest BCUT2D eigenvalue weighted by molar-refractivity contribution is 7.80. The number of hydrogen-bond acceptors (Lipinski definition) is 3. The van der Waals surface area contributed by atoms with Crippen molar-refractivity contribution < 1.29 is 13.6 Å².